The van der Waals surface area contributed by atoms with Crippen LogP contribution in [0, 0.1) is 0 Å². The Morgan fingerprint density at radius 3 is 2.64 bits per heavy atom. The molecule has 0 radical (unpaired) electrons. The second kappa shape index (κ2) is 5.10. The molecule has 1 unspecified atom stereocenters. The summed E-state index contributed by atoms with van der Waals surface area (Å²) in [5.74, 6) is 0. The third kappa shape index (κ3) is 2.94. The van der Waals surface area contributed by atoms with Crippen molar-refractivity contribution in [2.75, 3.05) is 40.3 Å². The molecule has 0 aromatic carbocycles. The molecule has 1 rings (SSSR count). The molecule has 1 aliphatic heterocycles. The summed E-state index contributed by atoms with van der Waals surface area (Å²) < 4.78 is 0. The van der Waals surface area contributed by atoms with Gasteiger partial charge in [-0.3, -0.25) is 10.2 Å². The average Bonchev–Trinajstić information content (AvgIpc) is 2.13. The first-order chi connectivity index (χ1) is 6.58. The van der Waals surface area contributed by atoms with Crippen LogP contribution < -0.4 is 5.32 Å². The number of hydrogen-bond acceptors (Lipinski definition) is 3. The van der Waals surface area contributed by atoms with Gasteiger partial charge in [-0.25, -0.2) is 0 Å². The Labute approximate surface area is 88.5 Å². The number of nitrogens with zero attached hydrogens (tertiary/aromatic N) is 2. The summed E-state index contributed by atoms with van der Waals surface area (Å²) in [7, 11) is 4.42. The quantitative estimate of drug-likeness (QED) is 0.681. The zero-order valence-corrected chi connectivity index (χ0v) is 10.1. The molecule has 0 saturated carbocycles. The summed E-state index contributed by atoms with van der Waals surface area (Å²) in [4.78, 5) is 4.83. The first-order valence-electron chi connectivity index (χ1n) is 5.73. The fourth-order valence-electron chi connectivity index (χ4n) is 2.02. The molecule has 0 aromatic rings. The van der Waals surface area contributed by atoms with E-state index in [1.807, 2.05) is 0 Å². The molecule has 3 heteroatoms. The van der Waals surface area contributed by atoms with Gasteiger partial charge < -0.3 is 4.90 Å². The molecule has 0 bridgehead atoms. The van der Waals surface area contributed by atoms with Crippen LogP contribution >= 0.6 is 0 Å². The number of unbranched alkanes of at least 4 members (excludes halogenated alkanes) is 1. The van der Waals surface area contributed by atoms with Gasteiger partial charge in [0.25, 0.3) is 0 Å². The van der Waals surface area contributed by atoms with E-state index in [1.54, 1.807) is 0 Å². The van der Waals surface area contributed by atoms with Crippen molar-refractivity contribution in [3.8, 4) is 0 Å². The van der Waals surface area contributed by atoms with Crippen molar-refractivity contribution in [3.05, 3.63) is 0 Å². The molecule has 1 N–H and O–H groups in total. The molecule has 1 fully saturated rings. The van der Waals surface area contributed by atoms with E-state index in [-0.39, 0.29) is 5.66 Å². The van der Waals surface area contributed by atoms with E-state index in [0.29, 0.717) is 0 Å². The Balaban J connectivity index is 2.42. The second-order valence-corrected chi connectivity index (χ2v) is 4.71. The lowest BCUT2D eigenvalue weighted by Gasteiger charge is -2.47. The van der Waals surface area contributed by atoms with Gasteiger partial charge >= 0.3 is 0 Å². The molecular weight excluding hydrogens is 174 g/mol. The van der Waals surface area contributed by atoms with Crippen LogP contribution in [0.25, 0.3) is 0 Å². The third-order valence-electron chi connectivity index (χ3n) is 3.27. The van der Waals surface area contributed by atoms with Gasteiger partial charge in [-0.2, -0.15) is 0 Å². The number of piperazine rings is 1. The maximum absolute atomic E-state index is 3.66. The fraction of sp³-hybridized carbons (Fsp3) is 1.00. The van der Waals surface area contributed by atoms with Gasteiger partial charge in [-0.05, 0) is 34.0 Å². The first kappa shape index (κ1) is 12.0. The zero-order chi connectivity index (χ0) is 10.6. The van der Waals surface area contributed by atoms with Crippen LogP contribution in [0.15, 0.2) is 0 Å². The van der Waals surface area contributed by atoms with Gasteiger partial charge in [0.05, 0.1) is 5.66 Å². The molecule has 0 spiro atoms. The summed E-state index contributed by atoms with van der Waals surface area (Å²) in [6.45, 7) is 9.13. The highest BCUT2D eigenvalue weighted by atomic mass is 15.4. The Hall–Kier alpha value is -0.120. The normalized spacial score (nSPS) is 30.9. The zero-order valence-electron chi connectivity index (χ0n) is 10.1. The lowest BCUT2D eigenvalue weighted by molar-refractivity contribution is 0.0152. The van der Waals surface area contributed by atoms with E-state index in [1.165, 1.54) is 19.4 Å². The van der Waals surface area contributed by atoms with Gasteiger partial charge in [0.15, 0.2) is 0 Å². The minimum absolute atomic E-state index is 0.169. The number of hydrogen-bond donors (Lipinski definition) is 1. The van der Waals surface area contributed by atoms with E-state index in [0.717, 1.165) is 19.6 Å². The van der Waals surface area contributed by atoms with Crippen molar-refractivity contribution in [1.82, 2.24) is 15.1 Å². The number of likely N-dealkylation sites (N-methyl/N-ethyl adjacent to an activating group) is 2. The smallest absolute Gasteiger partial charge is 0.0812 e. The van der Waals surface area contributed by atoms with E-state index >= 15 is 0 Å². The Morgan fingerprint density at radius 2 is 2.00 bits per heavy atom. The third-order valence-corrected chi connectivity index (χ3v) is 3.27. The molecule has 84 valence electrons. The Bertz CT molecular complexity index is 172. The number of nitrogens with one attached hydrogen (secondary N) is 1. The highest BCUT2D eigenvalue weighted by Crippen LogP contribution is 2.15. The predicted molar refractivity (Wildman–Crippen MR) is 61.4 cm³/mol. The summed E-state index contributed by atoms with van der Waals surface area (Å²) in [6, 6.07) is 0. The van der Waals surface area contributed by atoms with Crippen molar-refractivity contribution in [1.29, 1.82) is 0 Å². The van der Waals surface area contributed by atoms with Gasteiger partial charge in [0.1, 0.15) is 0 Å². The minimum Gasteiger partial charge on any atom is -0.302 e. The fourth-order valence-corrected chi connectivity index (χ4v) is 2.02. The van der Waals surface area contributed by atoms with Crippen LogP contribution in [0.3, 0.4) is 0 Å². The Kier molecular flexibility index (Phi) is 4.35. The molecular formula is C11H25N3. The van der Waals surface area contributed by atoms with Gasteiger partial charge in [0.2, 0.25) is 0 Å². The lowest BCUT2D eigenvalue weighted by atomic mass is 10.1. The van der Waals surface area contributed by atoms with Crippen molar-refractivity contribution < 1.29 is 0 Å². The van der Waals surface area contributed by atoms with Crippen LogP contribution in [0.5, 0.6) is 0 Å². The average molecular weight is 199 g/mol. The van der Waals surface area contributed by atoms with E-state index in [4.69, 9.17) is 0 Å². The maximum atomic E-state index is 3.66. The highest BCUT2D eigenvalue weighted by molar-refractivity contribution is 4.88. The summed E-state index contributed by atoms with van der Waals surface area (Å²) in [5.41, 5.74) is 0.169. The molecule has 0 aliphatic carbocycles. The van der Waals surface area contributed by atoms with Crippen molar-refractivity contribution >= 4 is 0 Å². The van der Waals surface area contributed by atoms with Crippen LogP contribution in [-0.4, -0.2) is 55.7 Å². The topological polar surface area (TPSA) is 18.5 Å². The molecule has 0 aromatic heterocycles. The van der Waals surface area contributed by atoms with E-state index in [9.17, 15) is 0 Å². The largest absolute Gasteiger partial charge is 0.302 e. The Morgan fingerprint density at radius 1 is 1.29 bits per heavy atom. The van der Waals surface area contributed by atoms with Gasteiger partial charge in [-0.1, -0.05) is 13.3 Å². The van der Waals surface area contributed by atoms with Crippen LogP contribution in [0.1, 0.15) is 26.7 Å². The monoisotopic (exact) mass is 199 g/mol. The molecule has 0 amide bonds. The standard InChI is InChI=1S/C11H25N3/c1-5-6-7-12-11(2)10-13(3)8-9-14(11)4/h12H,5-10H2,1-4H3. The van der Waals surface area contributed by atoms with E-state index < -0.39 is 0 Å². The summed E-state index contributed by atoms with van der Waals surface area (Å²) >= 11 is 0. The van der Waals surface area contributed by atoms with Crippen LogP contribution in [0.4, 0.5) is 0 Å². The molecule has 14 heavy (non-hydrogen) atoms. The van der Waals surface area contributed by atoms with E-state index in [2.05, 4.69) is 43.1 Å². The molecule has 1 saturated heterocycles. The molecule has 3 nitrogen and oxygen atoms in total. The maximum Gasteiger partial charge on any atom is 0.0812 e. The summed E-state index contributed by atoms with van der Waals surface area (Å²) in [6.07, 6.45) is 2.54. The van der Waals surface area contributed by atoms with Crippen molar-refractivity contribution in [2.45, 2.75) is 32.4 Å². The molecule has 1 atom stereocenters. The van der Waals surface area contributed by atoms with Crippen LogP contribution in [0.2, 0.25) is 0 Å². The summed E-state index contributed by atoms with van der Waals surface area (Å²) in [5, 5.41) is 3.66. The van der Waals surface area contributed by atoms with Gasteiger partial charge in [0, 0.05) is 19.6 Å². The van der Waals surface area contributed by atoms with Crippen molar-refractivity contribution in [2.24, 2.45) is 0 Å². The van der Waals surface area contributed by atoms with Crippen molar-refractivity contribution in [3.63, 3.8) is 0 Å². The van der Waals surface area contributed by atoms with Crippen LogP contribution in [-0.2, 0) is 0 Å². The minimum atomic E-state index is 0.169. The first-order valence-corrected chi connectivity index (χ1v) is 5.73. The lowest BCUT2D eigenvalue weighted by Crippen LogP contribution is -2.65. The predicted octanol–water partition coefficient (Wildman–Crippen LogP) is 0.970. The van der Waals surface area contributed by atoms with Gasteiger partial charge in [-0.15, -0.1) is 0 Å². The SMILES string of the molecule is CCCCNC1(C)CN(C)CCN1C. The molecule has 1 aliphatic rings. The highest BCUT2D eigenvalue weighted by Gasteiger charge is 2.33. The molecule has 1 heterocycles. The number of rotatable bonds is 4. The second-order valence-electron chi connectivity index (χ2n) is 4.71.